The Hall–Kier alpha value is -2.41. The van der Waals surface area contributed by atoms with Crippen LogP contribution in [0.2, 0.25) is 0 Å². The second-order valence-electron chi connectivity index (χ2n) is 4.67. The predicted molar refractivity (Wildman–Crippen MR) is 91.2 cm³/mol. The third-order valence-corrected chi connectivity index (χ3v) is 3.18. The molecule has 0 aliphatic rings. The Morgan fingerprint density at radius 3 is 2.05 bits per heavy atom. The topological polar surface area (TPSA) is 12.9 Å². The van der Waals surface area contributed by atoms with Gasteiger partial charge in [0.05, 0.1) is 5.69 Å². The molecule has 1 nitrogen and oxygen atoms in total. The summed E-state index contributed by atoms with van der Waals surface area (Å²) in [6.45, 7) is 6.09. The van der Waals surface area contributed by atoms with Gasteiger partial charge in [0.15, 0.2) is 0 Å². The highest BCUT2D eigenvalue weighted by molar-refractivity contribution is 5.71. The minimum absolute atomic E-state index is 1.03. The van der Waals surface area contributed by atoms with Gasteiger partial charge in [-0.2, -0.15) is 0 Å². The molecule has 0 N–H and O–H groups in total. The van der Waals surface area contributed by atoms with E-state index in [1.165, 1.54) is 16.7 Å². The Morgan fingerprint density at radius 2 is 1.33 bits per heavy atom. The molecule has 0 amide bonds. The first-order chi connectivity index (χ1) is 10.3. The lowest BCUT2D eigenvalue weighted by Gasteiger charge is -2.06. The molecule has 0 fully saturated rings. The van der Waals surface area contributed by atoms with E-state index in [4.69, 9.17) is 0 Å². The summed E-state index contributed by atoms with van der Waals surface area (Å²) in [5.74, 6) is 0. The average molecular weight is 275 g/mol. The summed E-state index contributed by atoms with van der Waals surface area (Å²) in [5.41, 5.74) is 5.87. The van der Waals surface area contributed by atoms with Gasteiger partial charge in [-0.1, -0.05) is 62.4 Å². The molecule has 3 aromatic rings. The van der Waals surface area contributed by atoms with Gasteiger partial charge in [-0.25, -0.2) is 0 Å². The van der Waals surface area contributed by atoms with Gasteiger partial charge in [-0.3, -0.25) is 4.98 Å². The van der Waals surface area contributed by atoms with Crippen molar-refractivity contribution in [3.8, 4) is 22.4 Å². The first kappa shape index (κ1) is 15.0. The number of benzene rings is 2. The van der Waals surface area contributed by atoms with E-state index >= 15 is 0 Å². The highest BCUT2D eigenvalue weighted by atomic mass is 14.7. The van der Waals surface area contributed by atoms with Crippen LogP contribution >= 0.6 is 0 Å². The van der Waals surface area contributed by atoms with Crippen LogP contribution in [0.4, 0.5) is 0 Å². The van der Waals surface area contributed by atoms with E-state index in [0.29, 0.717) is 0 Å². The summed E-state index contributed by atoms with van der Waals surface area (Å²) in [6.07, 6.45) is 1.86. The molecule has 3 rings (SSSR count). The molecule has 0 aliphatic carbocycles. The Kier molecular flexibility index (Phi) is 5.28. The molecule has 106 valence electrons. The molecule has 0 aliphatic heterocycles. The van der Waals surface area contributed by atoms with Gasteiger partial charge in [0, 0.05) is 11.8 Å². The number of rotatable bonds is 2. The number of pyridine rings is 1. The van der Waals surface area contributed by atoms with Crippen LogP contribution in [0.1, 0.15) is 19.4 Å². The summed E-state index contributed by atoms with van der Waals surface area (Å²) in [7, 11) is 0. The van der Waals surface area contributed by atoms with Crippen LogP contribution in [0.15, 0.2) is 72.9 Å². The Balaban J connectivity index is 0.000000774. The molecule has 1 aromatic heterocycles. The van der Waals surface area contributed by atoms with Gasteiger partial charge in [0.2, 0.25) is 0 Å². The van der Waals surface area contributed by atoms with Crippen LogP contribution in [0.3, 0.4) is 0 Å². The molecule has 21 heavy (non-hydrogen) atoms. The lowest BCUT2D eigenvalue weighted by molar-refractivity contribution is 1.29. The first-order valence-electron chi connectivity index (χ1n) is 7.41. The Labute approximate surface area is 127 Å². The van der Waals surface area contributed by atoms with Crippen molar-refractivity contribution in [3.63, 3.8) is 0 Å². The van der Waals surface area contributed by atoms with Crippen molar-refractivity contribution in [1.29, 1.82) is 0 Å². The second kappa shape index (κ2) is 7.39. The zero-order valence-corrected chi connectivity index (χ0v) is 12.9. The van der Waals surface area contributed by atoms with E-state index in [1.54, 1.807) is 0 Å². The third-order valence-electron chi connectivity index (χ3n) is 3.18. The van der Waals surface area contributed by atoms with Crippen molar-refractivity contribution < 1.29 is 0 Å². The molecule has 0 atom stereocenters. The van der Waals surface area contributed by atoms with Gasteiger partial charge >= 0.3 is 0 Å². The van der Waals surface area contributed by atoms with Crippen molar-refractivity contribution >= 4 is 0 Å². The summed E-state index contributed by atoms with van der Waals surface area (Å²) < 4.78 is 0. The fraction of sp³-hybridized carbons (Fsp3) is 0.150. The molecule has 0 bridgehead atoms. The fourth-order valence-corrected chi connectivity index (χ4v) is 2.18. The SMILES string of the molecule is CC.Cc1ccnc(-c2cccc(-c3ccccc3)c2)c1. The van der Waals surface area contributed by atoms with Crippen molar-refractivity contribution in [2.45, 2.75) is 20.8 Å². The molecule has 1 heterocycles. The number of hydrogen-bond acceptors (Lipinski definition) is 1. The van der Waals surface area contributed by atoms with Crippen molar-refractivity contribution in [2.24, 2.45) is 0 Å². The molecule has 0 saturated heterocycles. The molecule has 0 unspecified atom stereocenters. The van der Waals surface area contributed by atoms with E-state index in [1.807, 2.05) is 32.2 Å². The summed E-state index contributed by atoms with van der Waals surface area (Å²) in [4.78, 5) is 4.44. The largest absolute Gasteiger partial charge is 0.256 e. The lowest BCUT2D eigenvalue weighted by atomic mass is 10.0. The van der Waals surface area contributed by atoms with Crippen molar-refractivity contribution in [1.82, 2.24) is 4.98 Å². The summed E-state index contributed by atoms with van der Waals surface area (Å²) >= 11 is 0. The number of aryl methyl sites for hydroxylation is 1. The first-order valence-corrected chi connectivity index (χ1v) is 7.41. The van der Waals surface area contributed by atoms with Crippen LogP contribution in [-0.4, -0.2) is 4.98 Å². The second-order valence-corrected chi connectivity index (χ2v) is 4.67. The predicted octanol–water partition coefficient (Wildman–Crippen LogP) is 5.75. The van der Waals surface area contributed by atoms with Gasteiger partial charge < -0.3 is 0 Å². The number of nitrogens with zero attached hydrogens (tertiary/aromatic N) is 1. The standard InChI is InChI=1S/C18H15N.C2H6/c1-14-10-11-19-18(12-14)17-9-5-8-16(13-17)15-6-3-2-4-7-15;1-2/h2-13H,1H3;1-2H3. The highest BCUT2D eigenvalue weighted by Gasteiger charge is 2.02. The molecule has 0 spiro atoms. The zero-order chi connectivity index (χ0) is 15.1. The summed E-state index contributed by atoms with van der Waals surface area (Å²) in [5, 5.41) is 0. The molecular formula is C20H21N. The number of aromatic nitrogens is 1. The maximum absolute atomic E-state index is 4.44. The fourth-order valence-electron chi connectivity index (χ4n) is 2.18. The Morgan fingerprint density at radius 1 is 0.667 bits per heavy atom. The van der Waals surface area contributed by atoms with E-state index in [-0.39, 0.29) is 0 Å². The lowest BCUT2D eigenvalue weighted by Crippen LogP contribution is -1.85. The average Bonchev–Trinajstić information content (AvgIpc) is 2.58. The van der Waals surface area contributed by atoms with Gasteiger partial charge in [-0.15, -0.1) is 0 Å². The minimum Gasteiger partial charge on any atom is -0.256 e. The normalized spacial score (nSPS) is 9.67. The summed E-state index contributed by atoms with van der Waals surface area (Å²) in [6, 6.07) is 23.1. The molecule has 0 radical (unpaired) electrons. The monoisotopic (exact) mass is 275 g/mol. The van der Waals surface area contributed by atoms with Crippen LogP contribution in [-0.2, 0) is 0 Å². The Bertz CT molecular complexity index is 687. The molecule has 0 saturated carbocycles. The number of hydrogen-bond donors (Lipinski definition) is 0. The van der Waals surface area contributed by atoms with Gasteiger partial charge in [-0.05, 0) is 41.8 Å². The highest BCUT2D eigenvalue weighted by Crippen LogP contribution is 2.25. The van der Waals surface area contributed by atoms with Crippen molar-refractivity contribution in [2.75, 3.05) is 0 Å². The third kappa shape index (κ3) is 3.79. The zero-order valence-electron chi connectivity index (χ0n) is 12.9. The van der Waals surface area contributed by atoms with Gasteiger partial charge in [0.25, 0.3) is 0 Å². The van der Waals surface area contributed by atoms with E-state index < -0.39 is 0 Å². The quantitative estimate of drug-likeness (QED) is 0.580. The smallest absolute Gasteiger partial charge is 0.0704 e. The van der Waals surface area contributed by atoms with Crippen LogP contribution < -0.4 is 0 Å². The maximum atomic E-state index is 4.44. The van der Waals surface area contributed by atoms with Crippen LogP contribution in [0, 0.1) is 6.92 Å². The minimum atomic E-state index is 1.03. The van der Waals surface area contributed by atoms with Gasteiger partial charge in [0.1, 0.15) is 0 Å². The van der Waals surface area contributed by atoms with E-state index in [2.05, 4.69) is 66.5 Å². The molecular weight excluding hydrogens is 254 g/mol. The maximum Gasteiger partial charge on any atom is 0.0704 e. The van der Waals surface area contributed by atoms with Crippen molar-refractivity contribution in [3.05, 3.63) is 78.5 Å². The van der Waals surface area contributed by atoms with E-state index in [9.17, 15) is 0 Å². The van der Waals surface area contributed by atoms with Crippen LogP contribution in [0.5, 0.6) is 0 Å². The molecule has 2 aromatic carbocycles. The molecule has 1 heteroatoms. The van der Waals surface area contributed by atoms with Crippen LogP contribution in [0.25, 0.3) is 22.4 Å². The van der Waals surface area contributed by atoms with E-state index in [0.717, 1.165) is 11.3 Å².